The topological polar surface area (TPSA) is 0 Å². The molecule has 0 aliphatic carbocycles. The van der Waals surface area contributed by atoms with Crippen molar-refractivity contribution in [3.8, 4) is 0 Å². The molecule has 1 aromatic rings. The molecule has 0 atom stereocenters. The van der Waals surface area contributed by atoms with E-state index in [9.17, 15) is 17.6 Å². The van der Waals surface area contributed by atoms with E-state index in [1.54, 1.807) is 0 Å². The van der Waals surface area contributed by atoms with Gasteiger partial charge in [-0.05, 0) is 69.1 Å². The molecule has 0 saturated heterocycles. The van der Waals surface area contributed by atoms with Crippen LogP contribution in [0, 0.1) is 13.0 Å². The molecule has 0 saturated carbocycles. The highest BCUT2D eigenvalue weighted by Crippen LogP contribution is 2.39. The van der Waals surface area contributed by atoms with Gasteiger partial charge in [-0.15, -0.1) is 0 Å². The van der Waals surface area contributed by atoms with Gasteiger partial charge in [0, 0.05) is 7.14 Å². The molecule has 0 nitrogen and oxygen atoms in total. The molecule has 0 unspecified atom stereocenters. The second kappa shape index (κ2) is 4.73. The van der Waals surface area contributed by atoms with Crippen LogP contribution in [-0.2, 0) is 0 Å². The van der Waals surface area contributed by atoms with Gasteiger partial charge in [0.05, 0.1) is 4.90 Å². The summed E-state index contributed by atoms with van der Waals surface area (Å²) < 4.78 is 50.1. The molecule has 0 bridgehead atoms. The maximum Gasteiger partial charge on any atom is 0.446 e. The molecule has 0 spiro atoms. The number of benzene rings is 1. The highest BCUT2D eigenvalue weighted by atomic mass is 127. The summed E-state index contributed by atoms with van der Waals surface area (Å²) in [4.78, 5) is -0.387. The maximum absolute atomic E-state index is 13.0. The summed E-state index contributed by atoms with van der Waals surface area (Å²) in [5.74, 6) is -0.836. The molecule has 0 radical (unpaired) electrons. The van der Waals surface area contributed by atoms with Crippen molar-refractivity contribution in [1.29, 1.82) is 0 Å². The summed E-state index contributed by atoms with van der Waals surface area (Å²) in [6.07, 6.45) is 0. The van der Waals surface area contributed by atoms with E-state index in [4.69, 9.17) is 0 Å². The standard InChI is InChI=1S/C7H2F4I2S/c8-3-1-4(12)5(13)2-6(3)14-7(9,10)11/h1-2H. The summed E-state index contributed by atoms with van der Waals surface area (Å²) in [5, 5.41) is 0. The van der Waals surface area contributed by atoms with Crippen LogP contribution in [0.2, 0.25) is 0 Å². The van der Waals surface area contributed by atoms with Gasteiger partial charge in [0.1, 0.15) is 5.82 Å². The van der Waals surface area contributed by atoms with Gasteiger partial charge in [-0.1, -0.05) is 0 Å². The SMILES string of the molecule is Fc1cc(I)c(I)cc1SC(F)(F)F. The lowest BCUT2D eigenvalue weighted by atomic mass is 10.3. The lowest BCUT2D eigenvalue weighted by Crippen LogP contribution is -2.01. The van der Waals surface area contributed by atoms with E-state index in [2.05, 4.69) is 0 Å². The van der Waals surface area contributed by atoms with Gasteiger partial charge in [0.25, 0.3) is 0 Å². The van der Waals surface area contributed by atoms with Crippen LogP contribution in [0.15, 0.2) is 17.0 Å². The molecule has 0 heterocycles. The molecule has 7 heteroatoms. The Kier molecular flexibility index (Phi) is 4.33. The number of alkyl halides is 3. The van der Waals surface area contributed by atoms with Crippen LogP contribution in [0.3, 0.4) is 0 Å². The Bertz CT molecular complexity index is 350. The number of thioether (sulfide) groups is 1. The van der Waals surface area contributed by atoms with Crippen LogP contribution in [0.25, 0.3) is 0 Å². The third kappa shape index (κ3) is 3.72. The van der Waals surface area contributed by atoms with Crippen LogP contribution in [0.5, 0.6) is 0 Å². The first-order chi connectivity index (χ1) is 6.29. The van der Waals surface area contributed by atoms with Gasteiger partial charge in [-0.25, -0.2) is 4.39 Å². The minimum Gasteiger partial charge on any atom is -0.206 e. The normalized spacial score (nSPS) is 11.9. The van der Waals surface area contributed by atoms with Crippen molar-refractivity contribution in [3.05, 3.63) is 25.1 Å². The highest BCUT2D eigenvalue weighted by Gasteiger charge is 2.30. The predicted molar refractivity (Wildman–Crippen MR) is 63.7 cm³/mol. The first kappa shape index (κ1) is 12.8. The van der Waals surface area contributed by atoms with Gasteiger partial charge in [0.2, 0.25) is 0 Å². The predicted octanol–water partition coefficient (Wildman–Crippen LogP) is 4.65. The van der Waals surface area contributed by atoms with Crippen LogP contribution in [0.4, 0.5) is 17.6 Å². The second-order valence-electron chi connectivity index (χ2n) is 2.24. The van der Waals surface area contributed by atoms with Gasteiger partial charge < -0.3 is 0 Å². The zero-order valence-corrected chi connectivity index (χ0v) is 11.5. The Morgan fingerprint density at radius 1 is 1.07 bits per heavy atom. The fraction of sp³-hybridized carbons (Fsp3) is 0.143. The molecule has 0 N–H and O–H groups in total. The third-order valence-corrected chi connectivity index (χ3v) is 4.78. The zero-order chi connectivity index (χ0) is 10.9. The van der Waals surface area contributed by atoms with Crippen molar-refractivity contribution < 1.29 is 17.6 Å². The minimum atomic E-state index is -4.45. The Morgan fingerprint density at radius 3 is 2.07 bits per heavy atom. The molecule has 0 amide bonds. The van der Waals surface area contributed by atoms with E-state index >= 15 is 0 Å². The molecule has 1 rings (SSSR count). The lowest BCUT2D eigenvalue weighted by molar-refractivity contribution is -0.0329. The molecular weight excluding hydrogens is 446 g/mol. The van der Waals surface area contributed by atoms with Gasteiger partial charge in [-0.2, -0.15) is 13.2 Å². The van der Waals surface area contributed by atoms with E-state index in [1.807, 2.05) is 45.2 Å². The summed E-state index contributed by atoms with van der Waals surface area (Å²) >= 11 is 3.30. The van der Waals surface area contributed by atoms with Gasteiger partial charge in [-0.3, -0.25) is 0 Å². The van der Waals surface area contributed by atoms with Crippen molar-refractivity contribution >= 4 is 56.9 Å². The lowest BCUT2D eigenvalue weighted by Gasteiger charge is -2.07. The first-order valence-electron chi connectivity index (χ1n) is 3.20. The average molecular weight is 448 g/mol. The molecular formula is C7H2F4I2S. The van der Waals surface area contributed by atoms with Crippen LogP contribution in [-0.4, -0.2) is 5.51 Å². The zero-order valence-electron chi connectivity index (χ0n) is 6.33. The van der Waals surface area contributed by atoms with Crippen molar-refractivity contribution in [2.45, 2.75) is 10.4 Å². The largest absolute Gasteiger partial charge is 0.446 e. The average Bonchev–Trinajstić information content (AvgIpc) is 1.97. The highest BCUT2D eigenvalue weighted by molar-refractivity contribution is 14.1. The molecule has 0 aliphatic heterocycles. The summed E-state index contributed by atoms with van der Waals surface area (Å²) in [7, 11) is 0. The van der Waals surface area contributed by atoms with Gasteiger partial charge in [0.15, 0.2) is 0 Å². The molecule has 78 valence electrons. The second-order valence-corrected chi connectivity index (χ2v) is 5.68. The number of hydrogen-bond donors (Lipinski definition) is 0. The molecule has 0 fully saturated rings. The third-order valence-electron chi connectivity index (χ3n) is 1.20. The number of rotatable bonds is 1. The monoisotopic (exact) mass is 448 g/mol. The van der Waals surface area contributed by atoms with Crippen molar-refractivity contribution in [1.82, 2.24) is 0 Å². The summed E-state index contributed by atoms with van der Waals surface area (Å²) in [5.41, 5.74) is -4.45. The Morgan fingerprint density at radius 2 is 1.57 bits per heavy atom. The molecule has 1 aromatic carbocycles. The fourth-order valence-electron chi connectivity index (χ4n) is 0.707. The van der Waals surface area contributed by atoms with E-state index in [0.717, 1.165) is 6.07 Å². The van der Waals surface area contributed by atoms with Crippen LogP contribution in [0.1, 0.15) is 0 Å². The van der Waals surface area contributed by atoms with Crippen LogP contribution < -0.4 is 0 Å². The van der Waals surface area contributed by atoms with E-state index in [0.29, 0.717) is 7.14 Å². The number of halogens is 6. The Labute approximate surface area is 109 Å². The molecule has 0 aliphatic rings. The van der Waals surface area contributed by atoms with E-state index < -0.39 is 23.1 Å². The van der Waals surface area contributed by atoms with E-state index in [1.165, 1.54) is 6.07 Å². The van der Waals surface area contributed by atoms with Crippen molar-refractivity contribution in [2.24, 2.45) is 0 Å². The van der Waals surface area contributed by atoms with E-state index in [-0.39, 0.29) is 4.90 Å². The summed E-state index contributed by atoms with van der Waals surface area (Å²) in [6, 6.07) is 2.28. The minimum absolute atomic E-state index is 0.387. The van der Waals surface area contributed by atoms with Crippen molar-refractivity contribution in [3.63, 3.8) is 0 Å². The Hall–Kier alpha value is 0.750. The summed E-state index contributed by atoms with van der Waals surface area (Å²) in [6.45, 7) is 0. The van der Waals surface area contributed by atoms with Crippen LogP contribution >= 0.6 is 56.9 Å². The Balaban J connectivity index is 3.04. The quantitative estimate of drug-likeness (QED) is 0.261. The number of hydrogen-bond acceptors (Lipinski definition) is 1. The smallest absolute Gasteiger partial charge is 0.206 e. The molecule has 0 aromatic heterocycles. The first-order valence-corrected chi connectivity index (χ1v) is 6.17. The maximum atomic E-state index is 13.0. The molecule has 14 heavy (non-hydrogen) atoms. The van der Waals surface area contributed by atoms with Gasteiger partial charge >= 0.3 is 5.51 Å². The fourth-order valence-corrected chi connectivity index (χ4v) is 2.40. The van der Waals surface area contributed by atoms with Crippen molar-refractivity contribution in [2.75, 3.05) is 0 Å².